The minimum absolute atomic E-state index is 0.187. The van der Waals surface area contributed by atoms with Crippen LogP contribution in [0, 0.1) is 5.92 Å². The molecule has 2 aromatic rings. The van der Waals surface area contributed by atoms with Crippen LogP contribution in [-0.4, -0.2) is 27.1 Å². The third-order valence-corrected chi connectivity index (χ3v) is 3.66. The first kappa shape index (κ1) is 11.8. The van der Waals surface area contributed by atoms with Gasteiger partial charge in [0.05, 0.1) is 16.1 Å². The highest BCUT2D eigenvalue weighted by atomic mass is 32.1. The largest absolute Gasteiger partial charge is 0.481 e. The molecule has 5 nitrogen and oxygen atoms in total. The minimum Gasteiger partial charge on any atom is -0.481 e. The summed E-state index contributed by atoms with van der Waals surface area (Å²) in [6.07, 6.45) is 1.48. The van der Waals surface area contributed by atoms with Gasteiger partial charge in [0, 0.05) is 6.04 Å². The van der Waals surface area contributed by atoms with E-state index in [9.17, 15) is 4.79 Å². The molecule has 2 unspecified atom stereocenters. The molecule has 2 N–H and O–H groups in total. The fourth-order valence-corrected chi connectivity index (χ4v) is 2.24. The van der Waals surface area contributed by atoms with Crippen LogP contribution in [0.3, 0.4) is 0 Å². The highest BCUT2D eigenvalue weighted by Gasteiger charge is 2.20. The second kappa shape index (κ2) is 4.67. The lowest BCUT2D eigenvalue weighted by atomic mass is 10.0. The monoisotopic (exact) mass is 251 g/mol. The zero-order valence-electron chi connectivity index (χ0n) is 9.54. The molecular formula is C11H13N3O2S. The molecule has 17 heavy (non-hydrogen) atoms. The molecule has 0 aliphatic carbocycles. The minimum atomic E-state index is -0.818. The zero-order valence-corrected chi connectivity index (χ0v) is 10.4. The van der Waals surface area contributed by atoms with Crippen molar-refractivity contribution in [1.29, 1.82) is 0 Å². The van der Waals surface area contributed by atoms with E-state index in [1.165, 1.54) is 6.33 Å². The number of nitrogens with zero attached hydrogens (tertiary/aromatic N) is 2. The highest BCUT2D eigenvalue weighted by molar-refractivity contribution is 7.17. The maximum Gasteiger partial charge on any atom is 0.308 e. The predicted molar refractivity (Wildman–Crippen MR) is 67.3 cm³/mol. The molecule has 0 fully saturated rings. The Labute approximate surface area is 103 Å². The second-order valence-corrected chi connectivity index (χ2v) is 4.83. The Hall–Kier alpha value is -1.69. The predicted octanol–water partition coefficient (Wildman–Crippen LogP) is 2.21. The van der Waals surface area contributed by atoms with E-state index in [0.29, 0.717) is 5.82 Å². The number of fused-ring (bicyclic) bond motifs is 1. The molecule has 2 rings (SSSR count). The molecule has 0 spiro atoms. The topological polar surface area (TPSA) is 75.1 Å². The third kappa shape index (κ3) is 2.36. The smallest absolute Gasteiger partial charge is 0.308 e. The Morgan fingerprint density at radius 3 is 2.94 bits per heavy atom. The molecule has 0 saturated heterocycles. The van der Waals surface area contributed by atoms with Crippen LogP contribution in [-0.2, 0) is 4.79 Å². The van der Waals surface area contributed by atoms with E-state index >= 15 is 0 Å². The van der Waals surface area contributed by atoms with Crippen molar-refractivity contribution in [3.05, 3.63) is 17.8 Å². The van der Waals surface area contributed by atoms with Crippen LogP contribution in [0.1, 0.15) is 13.8 Å². The first-order valence-corrected chi connectivity index (χ1v) is 6.15. The van der Waals surface area contributed by atoms with Gasteiger partial charge in [0.1, 0.15) is 12.1 Å². The van der Waals surface area contributed by atoms with Gasteiger partial charge < -0.3 is 10.4 Å². The van der Waals surface area contributed by atoms with Gasteiger partial charge in [-0.1, -0.05) is 0 Å². The molecule has 2 aromatic heterocycles. The van der Waals surface area contributed by atoms with E-state index in [4.69, 9.17) is 5.11 Å². The quantitative estimate of drug-likeness (QED) is 0.871. The number of hydrogen-bond donors (Lipinski definition) is 2. The van der Waals surface area contributed by atoms with Gasteiger partial charge >= 0.3 is 5.97 Å². The Morgan fingerprint density at radius 2 is 2.24 bits per heavy atom. The summed E-state index contributed by atoms with van der Waals surface area (Å²) in [4.78, 5) is 19.2. The van der Waals surface area contributed by atoms with Crippen molar-refractivity contribution in [1.82, 2.24) is 9.97 Å². The maximum atomic E-state index is 10.9. The molecule has 0 amide bonds. The summed E-state index contributed by atoms with van der Waals surface area (Å²) in [6, 6.07) is 1.73. The van der Waals surface area contributed by atoms with Gasteiger partial charge in [-0.3, -0.25) is 4.79 Å². The number of anilines is 1. The van der Waals surface area contributed by atoms with Crippen molar-refractivity contribution < 1.29 is 9.90 Å². The van der Waals surface area contributed by atoms with Crippen molar-refractivity contribution >= 4 is 33.3 Å². The molecule has 0 aliphatic rings. The average Bonchev–Trinajstić information content (AvgIpc) is 2.76. The van der Waals surface area contributed by atoms with Crippen molar-refractivity contribution in [2.75, 3.05) is 5.32 Å². The van der Waals surface area contributed by atoms with E-state index in [1.54, 1.807) is 18.3 Å². The number of carbonyl (C=O) groups is 1. The lowest BCUT2D eigenvalue weighted by molar-refractivity contribution is -0.141. The first-order chi connectivity index (χ1) is 8.09. The van der Waals surface area contributed by atoms with Crippen molar-refractivity contribution in [2.24, 2.45) is 5.92 Å². The Morgan fingerprint density at radius 1 is 1.47 bits per heavy atom. The second-order valence-electron chi connectivity index (χ2n) is 3.92. The SMILES string of the molecule is CC(Nc1ncnc2ccsc12)C(C)C(=O)O. The summed E-state index contributed by atoms with van der Waals surface area (Å²) < 4.78 is 0.955. The number of hydrogen-bond acceptors (Lipinski definition) is 5. The summed E-state index contributed by atoms with van der Waals surface area (Å²) >= 11 is 1.54. The normalized spacial score (nSPS) is 14.5. The summed E-state index contributed by atoms with van der Waals surface area (Å²) in [6.45, 7) is 3.51. The Balaban J connectivity index is 2.23. The molecule has 6 heteroatoms. The van der Waals surface area contributed by atoms with Crippen LogP contribution >= 0.6 is 11.3 Å². The number of carboxylic acids is 1. The van der Waals surface area contributed by atoms with Gasteiger partial charge in [0.15, 0.2) is 0 Å². The fourth-order valence-electron chi connectivity index (χ4n) is 1.45. The van der Waals surface area contributed by atoms with E-state index in [1.807, 2.05) is 18.4 Å². The molecule has 0 aromatic carbocycles. The molecule has 0 aliphatic heterocycles. The van der Waals surface area contributed by atoms with E-state index < -0.39 is 11.9 Å². The maximum absolute atomic E-state index is 10.9. The summed E-state index contributed by atoms with van der Waals surface area (Å²) in [5.41, 5.74) is 0.877. The van der Waals surface area contributed by atoms with Crippen LogP contribution in [0.5, 0.6) is 0 Å². The van der Waals surface area contributed by atoms with E-state index in [-0.39, 0.29) is 6.04 Å². The van der Waals surface area contributed by atoms with E-state index in [0.717, 1.165) is 10.2 Å². The number of aromatic nitrogens is 2. The van der Waals surface area contributed by atoms with Crippen LogP contribution in [0.25, 0.3) is 10.2 Å². The molecule has 90 valence electrons. The third-order valence-electron chi connectivity index (χ3n) is 2.75. The fraction of sp³-hybridized carbons (Fsp3) is 0.364. The number of nitrogens with one attached hydrogen (secondary N) is 1. The summed E-state index contributed by atoms with van der Waals surface area (Å²) in [5, 5.41) is 14.0. The summed E-state index contributed by atoms with van der Waals surface area (Å²) in [5.74, 6) is -0.591. The number of rotatable bonds is 4. The standard InChI is InChI=1S/C11H13N3O2S/c1-6(11(15)16)7(2)14-10-9-8(3-4-17-9)12-5-13-10/h3-7H,1-2H3,(H,15,16)(H,12,13,14). The Kier molecular flexibility index (Phi) is 3.23. The molecule has 2 atom stereocenters. The van der Waals surface area contributed by atoms with Crippen molar-refractivity contribution in [3.63, 3.8) is 0 Å². The number of carboxylic acid groups (broad SMARTS) is 1. The van der Waals surface area contributed by atoms with Gasteiger partial charge in [-0.2, -0.15) is 0 Å². The molecule has 0 radical (unpaired) electrons. The van der Waals surface area contributed by atoms with E-state index in [2.05, 4.69) is 15.3 Å². The lowest BCUT2D eigenvalue weighted by Crippen LogP contribution is -2.30. The Bertz CT molecular complexity index is 540. The molecule has 0 bridgehead atoms. The lowest BCUT2D eigenvalue weighted by Gasteiger charge is -2.18. The van der Waals surface area contributed by atoms with Crippen LogP contribution in [0.15, 0.2) is 17.8 Å². The number of aliphatic carboxylic acids is 1. The summed E-state index contributed by atoms with van der Waals surface area (Å²) in [7, 11) is 0. The van der Waals surface area contributed by atoms with Gasteiger partial charge in [-0.05, 0) is 25.3 Å². The first-order valence-electron chi connectivity index (χ1n) is 5.27. The molecule has 2 heterocycles. The van der Waals surface area contributed by atoms with Crippen molar-refractivity contribution in [2.45, 2.75) is 19.9 Å². The highest BCUT2D eigenvalue weighted by Crippen LogP contribution is 2.25. The van der Waals surface area contributed by atoms with Crippen LogP contribution in [0.4, 0.5) is 5.82 Å². The zero-order chi connectivity index (χ0) is 12.4. The molecule has 0 saturated carbocycles. The van der Waals surface area contributed by atoms with Gasteiger partial charge in [-0.15, -0.1) is 11.3 Å². The van der Waals surface area contributed by atoms with Gasteiger partial charge in [0.2, 0.25) is 0 Å². The van der Waals surface area contributed by atoms with Gasteiger partial charge in [0.25, 0.3) is 0 Å². The van der Waals surface area contributed by atoms with Crippen LogP contribution in [0.2, 0.25) is 0 Å². The van der Waals surface area contributed by atoms with Crippen LogP contribution < -0.4 is 5.32 Å². The number of thiophene rings is 1. The molecular weight excluding hydrogens is 238 g/mol. The average molecular weight is 251 g/mol. The van der Waals surface area contributed by atoms with Gasteiger partial charge in [-0.25, -0.2) is 9.97 Å². The van der Waals surface area contributed by atoms with Crippen molar-refractivity contribution in [3.8, 4) is 0 Å².